The standard InChI is InChI=1S/C15H14F3IN6O3S/c1-7-22-23-15(27-7)20-4-5-29-14-11(24-28-25-14)13(19-26)21-8-2-3-10(16)9(6-8)12(17)18/h2-3,6,12,21,26H,4-5H2,1H3,(H,20,23). The van der Waals surface area contributed by atoms with Crippen LogP contribution in [0.3, 0.4) is 0 Å². The number of alkyl halides is 2. The Balaban J connectivity index is 1.63. The van der Waals surface area contributed by atoms with Crippen molar-refractivity contribution in [3.8, 4) is 0 Å². The Kier molecular flexibility index (Phi) is 7.43. The Bertz CT molecular complexity index is 999. The number of nitrogens with zero attached hydrogens (tertiary/aromatic N) is 4. The zero-order valence-corrected chi connectivity index (χ0v) is 17.7. The van der Waals surface area contributed by atoms with Crippen molar-refractivity contribution in [3.05, 3.63) is 41.2 Å². The summed E-state index contributed by atoms with van der Waals surface area (Å²) in [6, 6.07) is 3.49. The second kappa shape index (κ2) is 10.0. The van der Waals surface area contributed by atoms with Crippen LogP contribution in [0, 0.1) is 12.7 Å². The normalized spacial score (nSPS) is 12.1. The van der Waals surface area contributed by atoms with Crippen LogP contribution in [0.15, 0.2) is 32.3 Å². The van der Waals surface area contributed by atoms with Gasteiger partial charge in [0.1, 0.15) is 9.45 Å². The van der Waals surface area contributed by atoms with Crippen LogP contribution >= 0.6 is 32.9 Å². The molecule has 3 rings (SSSR count). The highest BCUT2D eigenvalue weighted by atomic mass is 127. The number of aromatic nitrogens is 4. The molecule has 0 fully saturated rings. The van der Waals surface area contributed by atoms with Crippen LogP contribution in [0.25, 0.3) is 0 Å². The van der Waals surface area contributed by atoms with Crippen molar-refractivity contribution in [2.24, 2.45) is 0 Å². The Hall–Kier alpha value is -2.20. The Labute approximate surface area is 176 Å². The van der Waals surface area contributed by atoms with Crippen molar-refractivity contribution in [2.75, 3.05) is 22.9 Å². The van der Waals surface area contributed by atoms with Crippen LogP contribution < -0.4 is 10.6 Å². The number of benzene rings is 1. The minimum Gasteiger partial charge on any atom is -0.408 e. The van der Waals surface area contributed by atoms with Crippen LogP contribution in [0.1, 0.15) is 23.6 Å². The van der Waals surface area contributed by atoms with Crippen LogP contribution in [0.2, 0.25) is 0 Å². The molecule has 29 heavy (non-hydrogen) atoms. The summed E-state index contributed by atoms with van der Waals surface area (Å²) in [5, 5.41) is 21.2. The zero-order chi connectivity index (χ0) is 20.8. The smallest absolute Gasteiger partial charge is 0.315 e. The first-order valence-corrected chi connectivity index (χ1v) is 11.0. The van der Waals surface area contributed by atoms with Crippen molar-refractivity contribution >= 4 is 48.2 Å². The third kappa shape index (κ3) is 5.66. The lowest BCUT2D eigenvalue weighted by Crippen LogP contribution is -2.13. The number of nitrogens with one attached hydrogen (secondary N) is 2. The first kappa shape index (κ1) is 21.5. The molecule has 2 aromatic heterocycles. The number of hydrogen-bond acceptors (Lipinski definition) is 10. The van der Waals surface area contributed by atoms with Gasteiger partial charge in [0, 0.05) is 24.9 Å². The second-order valence-electron chi connectivity index (χ2n) is 5.38. The molecule has 14 heteroatoms. The van der Waals surface area contributed by atoms with E-state index in [-0.39, 0.29) is 15.0 Å². The molecule has 3 aromatic rings. The van der Waals surface area contributed by atoms with Crippen LogP contribution in [-0.4, -0.2) is 39.9 Å². The first-order chi connectivity index (χ1) is 14.0. The van der Waals surface area contributed by atoms with Gasteiger partial charge in [-0.05, 0) is 28.5 Å². The molecule has 0 unspecified atom stereocenters. The fourth-order valence-electron chi connectivity index (χ4n) is 2.12. The fourth-order valence-corrected chi connectivity index (χ4v) is 4.08. The van der Waals surface area contributed by atoms with Crippen molar-refractivity contribution < 1.29 is 25.7 Å². The summed E-state index contributed by atoms with van der Waals surface area (Å²) in [5.41, 5.74) is -0.277. The number of rotatable bonds is 9. The van der Waals surface area contributed by atoms with Gasteiger partial charge in [-0.1, -0.05) is 16.9 Å². The van der Waals surface area contributed by atoms with Crippen LogP contribution in [0.4, 0.5) is 24.9 Å². The molecule has 0 aliphatic carbocycles. The predicted molar refractivity (Wildman–Crippen MR) is 108 cm³/mol. The van der Waals surface area contributed by atoms with Gasteiger partial charge in [-0.15, -0.1) is 5.10 Å². The van der Waals surface area contributed by atoms with Crippen LogP contribution in [0.5, 0.6) is 0 Å². The molecule has 0 saturated heterocycles. The first-order valence-electron chi connectivity index (χ1n) is 7.97. The highest BCUT2D eigenvalue weighted by molar-refractivity contribution is 14.2. The van der Waals surface area contributed by atoms with E-state index in [1.807, 2.05) is 0 Å². The summed E-state index contributed by atoms with van der Waals surface area (Å²) < 4.78 is 59.2. The maximum absolute atomic E-state index is 13.5. The molecule has 1 aromatic carbocycles. The quantitative estimate of drug-likeness (QED) is 0.210. The average Bonchev–Trinajstić information content (AvgIpc) is 3.33. The van der Waals surface area contributed by atoms with Crippen LogP contribution in [-0.2, 0) is 0 Å². The molecule has 0 bridgehead atoms. The third-order valence-corrected chi connectivity index (χ3v) is 5.59. The molecular weight excluding hydrogens is 528 g/mol. The molecule has 0 atom stereocenters. The largest absolute Gasteiger partial charge is 0.408 e. The van der Waals surface area contributed by atoms with Crippen molar-refractivity contribution in [1.29, 1.82) is 0 Å². The lowest BCUT2D eigenvalue weighted by molar-refractivity contribution is 0.146. The molecule has 0 spiro atoms. The summed E-state index contributed by atoms with van der Waals surface area (Å²) in [4.78, 5) is 0. The summed E-state index contributed by atoms with van der Waals surface area (Å²) in [6.45, 7) is 2.15. The second-order valence-corrected chi connectivity index (χ2v) is 8.02. The van der Waals surface area contributed by atoms with Gasteiger partial charge in [0.25, 0.3) is 6.43 Å². The summed E-state index contributed by atoms with van der Waals surface area (Å²) in [5.74, 6) is -0.0311. The van der Waals surface area contributed by atoms with E-state index in [2.05, 4.69) is 31.1 Å². The van der Waals surface area contributed by atoms with Gasteiger partial charge in [-0.25, -0.2) is 17.8 Å². The van der Waals surface area contributed by atoms with E-state index in [0.717, 1.165) is 12.1 Å². The topological polar surface area (TPSA) is 122 Å². The number of hydrogen-bond donors (Lipinski definition) is 3. The lowest BCUT2D eigenvalue weighted by atomic mass is 10.2. The molecule has 0 aliphatic rings. The van der Waals surface area contributed by atoms with E-state index in [0.29, 0.717) is 29.2 Å². The molecule has 0 aliphatic heterocycles. The number of halogens is 4. The fraction of sp³-hybridized carbons (Fsp3) is 0.267. The molecule has 3 N–H and O–H groups in total. The summed E-state index contributed by atoms with van der Waals surface area (Å²) >= 11 is -0.251. The maximum atomic E-state index is 13.5. The lowest BCUT2D eigenvalue weighted by Gasteiger charge is -2.10. The minimum atomic E-state index is -2.96. The minimum absolute atomic E-state index is 0.192. The monoisotopic (exact) mass is 542 g/mol. The maximum Gasteiger partial charge on any atom is 0.315 e. The zero-order valence-electron chi connectivity index (χ0n) is 14.7. The van der Waals surface area contributed by atoms with E-state index in [4.69, 9.17) is 9.05 Å². The molecule has 0 saturated carbocycles. The van der Waals surface area contributed by atoms with Crippen molar-refractivity contribution in [3.63, 3.8) is 0 Å². The summed E-state index contributed by atoms with van der Waals surface area (Å²) in [6.07, 6.45) is -2.96. The number of thioether (sulfide) groups is 1. The van der Waals surface area contributed by atoms with Gasteiger partial charge < -0.3 is 18.5 Å². The molecule has 0 radical (unpaired) electrons. The highest BCUT2D eigenvalue weighted by Crippen LogP contribution is 2.27. The number of aryl methyl sites for hydroxylation is 1. The average molecular weight is 542 g/mol. The van der Waals surface area contributed by atoms with E-state index in [1.54, 1.807) is 6.92 Å². The molecule has 2 heterocycles. The van der Waals surface area contributed by atoms with E-state index < -0.39 is 39.0 Å². The molecule has 156 valence electrons. The highest BCUT2D eigenvalue weighted by Gasteiger charge is 2.19. The number of anilines is 2. The molecule has 0 amide bonds. The molecule has 9 nitrogen and oxygen atoms in total. The van der Waals surface area contributed by atoms with Gasteiger partial charge in [-0.2, -0.15) is 0 Å². The van der Waals surface area contributed by atoms with Gasteiger partial charge in [0.2, 0.25) is 5.89 Å². The summed E-state index contributed by atoms with van der Waals surface area (Å²) in [7, 11) is 0. The predicted octanol–water partition coefficient (Wildman–Crippen LogP) is 3.51. The third-order valence-electron chi connectivity index (χ3n) is 3.38. The van der Waals surface area contributed by atoms with E-state index >= 15 is 0 Å². The van der Waals surface area contributed by atoms with Crippen molar-refractivity contribution in [2.45, 2.75) is 18.4 Å². The van der Waals surface area contributed by atoms with Gasteiger partial charge in [0.15, 0.2) is 10.7 Å². The van der Waals surface area contributed by atoms with Gasteiger partial charge in [-0.3, -0.25) is 0 Å². The molecular formula is C15H14F3IN6O3S. The van der Waals surface area contributed by atoms with Gasteiger partial charge in [0.05, 0.1) is 26.7 Å². The van der Waals surface area contributed by atoms with Crippen molar-refractivity contribution in [1.82, 2.24) is 20.5 Å². The SMILES string of the molecule is Cc1nnc(NCCSc2nonc2C(Nc2ccc(F)c(C(F)F)c2)=IO)o1. The van der Waals surface area contributed by atoms with E-state index in [9.17, 15) is 16.6 Å². The van der Waals surface area contributed by atoms with Gasteiger partial charge >= 0.3 is 6.01 Å². The Morgan fingerprint density at radius 3 is 2.83 bits per heavy atom. The Morgan fingerprint density at radius 1 is 1.31 bits per heavy atom. The van der Waals surface area contributed by atoms with E-state index in [1.165, 1.54) is 17.8 Å². The Morgan fingerprint density at radius 2 is 2.14 bits per heavy atom.